The van der Waals surface area contributed by atoms with Crippen LogP contribution in [0.15, 0.2) is 12.1 Å². The van der Waals surface area contributed by atoms with Crippen LogP contribution in [0.25, 0.3) is 0 Å². The molecule has 0 saturated carbocycles. The van der Waals surface area contributed by atoms with Crippen LogP contribution in [0, 0.1) is 0 Å². The molecule has 1 amide bonds. The molecule has 8 heteroatoms. The van der Waals surface area contributed by atoms with Gasteiger partial charge in [0.1, 0.15) is 0 Å². The summed E-state index contributed by atoms with van der Waals surface area (Å²) >= 11 is 11.8. The molecule has 0 aliphatic rings. The molecule has 0 aromatic heterocycles. The Bertz CT molecular complexity index is 592. The van der Waals surface area contributed by atoms with Crippen LogP contribution in [0.4, 0.5) is 11.4 Å². The van der Waals surface area contributed by atoms with Gasteiger partial charge in [-0.2, -0.15) is 0 Å². The van der Waals surface area contributed by atoms with E-state index in [-0.39, 0.29) is 27.9 Å². The molecule has 1 aromatic rings. The first-order chi connectivity index (χ1) is 9.13. The Balaban J connectivity index is 2.74. The van der Waals surface area contributed by atoms with E-state index in [2.05, 4.69) is 5.32 Å². The highest BCUT2D eigenvalue weighted by atomic mass is 35.5. The van der Waals surface area contributed by atoms with Crippen molar-refractivity contribution in [3.8, 4) is 0 Å². The molecule has 0 atom stereocenters. The molecule has 5 nitrogen and oxygen atoms in total. The number of halogens is 2. The van der Waals surface area contributed by atoms with Gasteiger partial charge < -0.3 is 11.1 Å². The summed E-state index contributed by atoms with van der Waals surface area (Å²) < 4.78 is 23.2. The van der Waals surface area contributed by atoms with Gasteiger partial charge in [-0.1, -0.05) is 23.2 Å². The van der Waals surface area contributed by atoms with Crippen molar-refractivity contribution in [2.75, 3.05) is 16.8 Å². The van der Waals surface area contributed by atoms with Crippen LogP contribution in [-0.2, 0) is 14.6 Å². The topological polar surface area (TPSA) is 89.3 Å². The number of sulfone groups is 1. The van der Waals surface area contributed by atoms with Gasteiger partial charge in [0.15, 0.2) is 9.84 Å². The molecule has 0 spiro atoms. The first kappa shape index (κ1) is 17.1. The zero-order valence-corrected chi connectivity index (χ0v) is 13.4. The van der Waals surface area contributed by atoms with E-state index in [4.69, 9.17) is 28.9 Å². The summed E-state index contributed by atoms with van der Waals surface area (Å²) in [4.78, 5) is 11.7. The van der Waals surface area contributed by atoms with Gasteiger partial charge in [0.25, 0.3) is 0 Å². The third-order valence-corrected chi connectivity index (χ3v) is 5.47. The van der Waals surface area contributed by atoms with Crippen LogP contribution < -0.4 is 11.1 Å². The second-order valence-corrected chi connectivity index (χ2v) is 8.06. The molecule has 0 bridgehead atoms. The Morgan fingerprint density at radius 3 is 2.25 bits per heavy atom. The zero-order chi connectivity index (χ0) is 15.5. The third kappa shape index (κ3) is 4.54. The predicted molar refractivity (Wildman–Crippen MR) is 83.0 cm³/mol. The van der Waals surface area contributed by atoms with Gasteiger partial charge >= 0.3 is 0 Å². The Kier molecular flexibility index (Phi) is 5.68. The van der Waals surface area contributed by atoms with E-state index in [1.807, 2.05) is 0 Å². The lowest BCUT2D eigenvalue weighted by atomic mass is 10.2. The van der Waals surface area contributed by atoms with E-state index in [1.54, 1.807) is 13.8 Å². The number of carbonyl (C=O) groups excluding carboxylic acids is 1. The van der Waals surface area contributed by atoms with E-state index in [9.17, 15) is 13.2 Å². The lowest BCUT2D eigenvalue weighted by Gasteiger charge is -2.11. The van der Waals surface area contributed by atoms with Crippen molar-refractivity contribution in [2.24, 2.45) is 0 Å². The lowest BCUT2D eigenvalue weighted by molar-refractivity contribution is -0.115. The molecule has 0 saturated heterocycles. The average molecular weight is 339 g/mol. The van der Waals surface area contributed by atoms with E-state index < -0.39 is 21.0 Å². The van der Waals surface area contributed by atoms with Gasteiger partial charge in [-0.05, 0) is 26.0 Å². The van der Waals surface area contributed by atoms with Crippen LogP contribution in [0.3, 0.4) is 0 Å². The summed E-state index contributed by atoms with van der Waals surface area (Å²) in [6.07, 6.45) is -0.155. The number of hydrogen-bond acceptors (Lipinski definition) is 4. The molecule has 1 rings (SSSR count). The Labute approximate surface area is 128 Å². The lowest BCUT2D eigenvalue weighted by Crippen LogP contribution is -2.22. The zero-order valence-electron chi connectivity index (χ0n) is 11.1. The largest absolute Gasteiger partial charge is 0.399 e. The summed E-state index contributed by atoms with van der Waals surface area (Å²) in [6, 6.07) is 2.90. The Morgan fingerprint density at radius 1 is 1.30 bits per heavy atom. The number of nitrogens with one attached hydrogen (secondary N) is 1. The SMILES string of the molecule is CC(C)S(=O)(=O)CCC(=O)Nc1c(Cl)cc(N)cc1Cl. The molecule has 20 heavy (non-hydrogen) atoms. The van der Waals surface area contributed by atoms with Crippen molar-refractivity contribution in [3.63, 3.8) is 0 Å². The van der Waals surface area contributed by atoms with Gasteiger partial charge in [0, 0.05) is 12.1 Å². The second kappa shape index (κ2) is 6.65. The highest BCUT2D eigenvalue weighted by molar-refractivity contribution is 7.91. The average Bonchev–Trinajstić information content (AvgIpc) is 2.31. The summed E-state index contributed by atoms with van der Waals surface area (Å²) in [6.45, 7) is 3.14. The maximum Gasteiger partial charge on any atom is 0.225 e. The molecule has 1 aromatic carbocycles. The molecule has 112 valence electrons. The van der Waals surface area contributed by atoms with Gasteiger partial charge in [-0.3, -0.25) is 4.79 Å². The minimum atomic E-state index is -3.26. The second-order valence-electron chi connectivity index (χ2n) is 4.57. The fraction of sp³-hybridized carbons (Fsp3) is 0.417. The fourth-order valence-electron chi connectivity index (χ4n) is 1.38. The summed E-state index contributed by atoms with van der Waals surface area (Å²) in [5.74, 6) is -0.691. The first-order valence-electron chi connectivity index (χ1n) is 5.89. The third-order valence-electron chi connectivity index (χ3n) is 2.66. The van der Waals surface area contributed by atoms with Crippen molar-refractivity contribution in [1.82, 2.24) is 0 Å². The van der Waals surface area contributed by atoms with Gasteiger partial charge in [-0.25, -0.2) is 8.42 Å². The molecular weight excluding hydrogens is 323 g/mol. The molecule has 0 aliphatic heterocycles. The fourth-order valence-corrected chi connectivity index (χ4v) is 2.92. The van der Waals surface area contributed by atoms with Crippen molar-refractivity contribution < 1.29 is 13.2 Å². The van der Waals surface area contributed by atoms with Gasteiger partial charge in [-0.15, -0.1) is 0 Å². The van der Waals surface area contributed by atoms with Crippen LogP contribution in [0.1, 0.15) is 20.3 Å². The quantitative estimate of drug-likeness (QED) is 0.807. The van der Waals surface area contributed by atoms with Crippen molar-refractivity contribution in [2.45, 2.75) is 25.5 Å². The minimum absolute atomic E-state index is 0.155. The normalized spacial score (nSPS) is 11.7. The number of anilines is 2. The molecule has 0 heterocycles. The summed E-state index contributed by atoms with van der Waals surface area (Å²) in [5, 5.41) is 2.39. The highest BCUT2D eigenvalue weighted by Crippen LogP contribution is 2.32. The number of rotatable bonds is 5. The van der Waals surface area contributed by atoms with E-state index in [0.717, 1.165) is 0 Å². The number of benzene rings is 1. The van der Waals surface area contributed by atoms with E-state index in [0.29, 0.717) is 5.69 Å². The van der Waals surface area contributed by atoms with Crippen LogP contribution in [0.5, 0.6) is 0 Å². The minimum Gasteiger partial charge on any atom is -0.399 e. The first-order valence-corrected chi connectivity index (χ1v) is 8.36. The highest BCUT2D eigenvalue weighted by Gasteiger charge is 2.18. The maximum absolute atomic E-state index is 11.7. The molecular formula is C12H16Cl2N2O3S. The van der Waals surface area contributed by atoms with Gasteiger partial charge in [0.05, 0.1) is 26.7 Å². The van der Waals surface area contributed by atoms with Crippen molar-refractivity contribution in [1.29, 1.82) is 0 Å². The van der Waals surface area contributed by atoms with E-state index >= 15 is 0 Å². The Hall–Kier alpha value is -0.980. The number of amides is 1. The van der Waals surface area contributed by atoms with Crippen LogP contribution >= 0.6 is 23.2 Å². The molecule has 0 radical (unpaired) electrons. The van der Waals surface area contributed by atoms with Gasteiger partial charge in [0.2, 0.25) is 5.91 Å². The molecule has 0 fully saturated rings. The monoisotopic (exact) mass is 338 g/mol. The van der Waals surface area contributed by atoms with Crippen LogP contribution in [-0.4, -0.2) is 25.3 Å². The number of carbonyl (C=O) groups is 1. The molecule has 3 N–H and O–H groups in total. The van der Waals surface area contributed by atoms with Crippen molar-refractivity contribution in [3.05, 3.63) is 22.2 Å². The number of nitrogen functional groups attached to an aromatic ring is 1. The maximum atomic E-state index is 11.7. The smallest absolute Gasteiger partial charge is 0.225 e. The Morgan fingerprint density at radius 2 is 1.80 bits per heavy atom. The van der Waals surface area contributed by atoms with Crippen molar-refractivity contribution >= 4 is 50.3 Å². The molecule has 0 aliphatic carbocycles. The molecule has 0 unspecified atom stereocenters. The van der Waals surface area contributed by atoms with Crippen LogP contribution in [0.2, 0.25) is 10.0 Å². The predicted octanol–water partition coefficient (Wildman–Crippen LogP) is 2.73. The number of nitrogens with two attached hydrogens (primary N) is 1. The summed E-state index contributed by atoms with van der Waals surface area (Å²) in [7, 11) is -3.26. The summed E-state index contributed by atoms with van der Waals surface area (Å²) in [5.41, 5.74) is 6.15. The standard InChI is InChI=1S/C12H16Cl2N2O3S/c1-7(2)20(18,19)4-3-11(17)16-12-9(13)5-8(15)6-10(12)14/h5-7H,3-4,15H2,1-2H3,(H,16,17). The van der Waals surface area contributed by atoms with E-state index in [1.165, 1.54) is 12.1 Å². The number of hydrogen-bond donors (Lipinski definition) is 2.